The highest BCUT2D eigenvalue weighted by molar-refractivity contribution is 9.10. The lowest BCUT2D eigenvalue weighted by molar-refractivity contribution is 1.59. The van der Waals surface area contributed by atoms with Gasteiger partial charge in [-0.1, -0.05) is 76.6 Å². The van der Waals surface area contributed by atoms with E-state index in [1.165, 1.54) is 10.8 Å². The Hall–Kier alpha value is -0.573. The third-order valence-corrected chi connectivity index (χ3v) is 5.69. The van der Waals surface area contributed by atoms with E-state index >= 15 is 0 Å². The van der Waals surface area contributed by atoms with Gasteiger partial charge in [0.2, 0.25) is 0 Å². The van der Waals surface area contributed by atoms with Crippen molar-refractivity contribution in [2.75, 3.05) is 0 Å². The highest BCUT2D eigenvalue weighted by Gasteiger charge is 2.15. The molecule has 0 bridgehead atoms. The molecule has 0 aliphatic heterocycles. The first-order valence-electron chi connectivity index (χ1n) is 5.93. The molecule has 0 unspecified atom stereocenters. The van der Waals surface area contributed by atoms with Crippen molar-refractivity contribution < 1.29 is 0 Å². The summed E-state index contributed by atoms with van der Waals surface area (Å²) in [6, 6.07) is 14.9. The second-order valence-corrected chi connectivity index (χ2v) is 11.9. The molecule has 2 aromatic rings. The molecule has 0 spiro atoms. The zero-order valence-electron chi connectivity index (χ0n) is 10.8. The van der Waals surface area contributed by atoms with E-state index in [9.17, 15) is 0 Å². The Morgan fingerprint density at radius 3 is 2.00 bits per heavy atom. The molecule has 0 radical (unpaired) electrons. The van der Waals surface area contributed by atoms with Crippen LogP contribution in [0.2, 0.25) is 24.7 Å². The number of halogens is 2. The lowest BCUT2D eigenvalue weighted by atomic mass is 10.1. The summed E-state index contributed by atoms with van der Waals surface area (Å²) in [4.78, 5) is 0. The molecule has 2 rings (SSSR count). The van der Waals surface area contributed by atoms with Gasteiger partial charge in [-0.15, -0.1) is 0 Å². The predicted octanol–water partition coefficient (Wildman–Crippen LogP) is 5.31. The molecule has 0 aliphatic carbocycles. The largest absolute Gasteiger partial charge is 0.0843 e. The minimum absolute atomic E-state index is 0.758. The van der Waals surface area contributed by atoms with Crippen molar-refractivity contribution in [3.8, 4) is 11.1 Å². The fourth-order valence-electron chi connectivity index (χ4n) is 1.88. The Morgan fingerprint density at radius 2 is 1.50 bits per heavy atom. The van der Waals surface area contributed by atoms with E-state index in [0.717, 1.165) is 15.1 Å². The van der Waals surface area contributed by atoms with E-state index in [1.54, 1.807) is 0 Å². The smallest absolute Gasteiger partial charge is 0.0775 e. The first-order chi connectivity index (χ1) is 8.36. The fraction of sp³-hybridized carbons (Fsp3) is 0.200. The molecule has 3 heteroatoms. The van der Waals surface area contributed by atoms with Crippen molar-refractivity contribution in [1.29, 1.82) is 0 Å². The molecule has 0 aliphatic rings. The lowest BCUT2D eigenvalue weighted by Crippen LogP contribution is -2.37. The van der Waals surface area contributed by atoms with Crippen LogP contribution in [-0.4, -0.2) is 8.07 Å². The summed E-state index contributed by atoms with van der Waals surface area (Å²) in [5.74, 6) is 0. The number of hydrogen-bond acceptors (Lipinski definition) is 0. The molecule has 0 fully saturated rings. The van der Waals surface area contributed by atoms with Gasteiger partial charge in [-0.3, -0.25) is 0 Å². The SMILES string of the molecule is C[Si](C)(C)c1ccc(-c2cc(Cl)cc(Br)c2)cc1. The van der Waals surface area contributed by atoms with Crippen molar-refractivity contribution >= 4 is 40.8 Å². The summed E-state index contributed by atoms with van der Waals surface area (Å²) in [5.41, 5.74) is 2.36. The van der Waals surface area contributed by atoms with Crippen molar-refractivity contribution in [3.63, 3.8) is 0 Å². The van der Waals surface area contributed by atoms with Gasteiger partial charge in [0.1, 0.15) is 0 Å². The first-order valence-corrected chi connectivity index (χ1v) is 10.6. The average Bonchev–Trinajstić information content (AvgIpc) is 2.27. The molecule has 0 N–H and O–H groups in total. The van der Waals surface area contributed by atoms with Crippen molar-refractivity contribution in [1.82, 2.24) is 0 Å². The van der Waals surface area contributed by atoms with Gasteiger partial charge in [-0.25, -0.2) is 0 Å². The zero-order chi connectivity index (χ0) is 13.3. The van der Waals surface area contributed by atoms with Gasteiger partial charge in [0.25, 0.3) is 0 Å². The number of hydrogen-bond donors (Lipinski definition) is 0. The van der Waals surface area contributed by atoms with Crippen LogP contribution in [0.25, 0.3) is 11.1 Å². The molecule has 0 aromatic heterocycles. The normalized spacial score (nSPS) is 11.6. The van der Waals surface area contributed by atoms with Crippen LogP contribution in [0, 0.1) is 0 Å². The molecular weight excluding hydrogens is 324 g/mol. The number of rotatable bonds is 2. The maximum atomic E-state index is 6.08. The Kier molecular flexibility index (Phi) is 4.00. The number of benzene rings is 2. The van der Waals surface area contributed by atoms with Crippen molar-refractivity contribution in [3.05, 3.63) is 52.0 Å². The molecule has 0 saturated heterocycles. The second-order valence-electron chi connectivity index (χ2n) is 5.49. The van der Waals surface area contributed by atoms with E-state index in [0.29, 0.717) is 0 Å². The van der Waals surface area contributed by atoms with Crippen molar-refractivity contribution in [2.24, 2.45) is 0 Å². The summed E-state index contributed by atoms with van der Waals surface area (Å²) in [6.07, 6.45) is 0. The zero-order valence-corrected chi connectivity index (χ0v) is 14.1. The van der Waals surface area contributed by atoms with Crippen LogP contribution in [0.15, 0.2) is 46.9 Å². The molecule has 0 saturated carbocycles. The molecule has 0 atom stereocenters. The molecule has 18 heavy (non-hydrogen) atoms. The maximum absolute atomic E-state index is 6.08. The summed E-state index contributed by atoms with van der Waals surface area (Å²) in [7, 11) is -1.21. The quantitative estimate of drug-likeness (QED) is 0.650. The third-order valence-electron chi connectivity index (χ3n) is 2.95. The van der Waals surface area contributed by atoms with E-state index in [4.69, 9.17) is 11.6 Å². The molecule has 94 valence electrons. The first kappa shape index (κ1) is 13.8. The van der Waals surface area contributed by atoms with Crippen LogP contribution >= 0.6 is 27.5 Å². The summed E-state index contributed by atoms with van der Waals surface area (Å²) in [6.45, 7) is 7.08. The Bertz CT molecular complexity index is 535. The Balaban J connectivity index is 2.40. The Morgan fingerprint density at radius 1 is 0.889 bits per heavy atom. The molecule has 0 heterocycles. The molecule has 0 nitrogen and oxygen atoms in total. The van der Waals surface area contributed by atoms with Crippen LogP contribution in [0.3, 0.4) is 0 Å². The standard InChI is InChI=1S/C15H16BrClSi/c1-18(2,3)15-6-4-11(5-7-15)12-8-13(16)10-14(17)9-12/h4-10H,1-3H3. The van der Waals surface area contributed by atoms with Gasteiger partial charge >= 0.3 is 0 Å². The molecular formula is C15H16BrClSi. The van der Waals surface area contributed by atoms with E-state index in [1.807, 2.05) is 12.1 Å². The van der Waals surface area contributed by atoms with Crippen LogP contribution in [0.1, 0.15) is 0 Å². The van der Waals surface area contributed by atoms with Gasteiger partial charge in [0.15, 0.2) is 0 Å². The van der Waals surface area contributed by atoms with E-state index in [2.05, 4.69) is 65.9 Å². The predicted molar refractivity (Wildman–Crippen MR) is 87.6 cm³/mol. The van der Waals surface area contributed by atoms with Crippen LogP contribution < -0.4 is 5.19 Å². The summed E-state index contributed by atoms with van der Waals surface area (Å²) >= 11 is 9.56. The molecule has 2 aromatic carbocycles. The van der Waals surface area contributed by atoms with Gasteiger partial charge < -0.3 is 0 Å². The van der Waals surface area contributed by atoms with Gasteiger partial charge in [0, 0.05) is 9.50 Å². The van der Waals surface area contributed by atoms with Crippen LogP contribution in [0.4, 0.5) is 0 Å². The topological polar surface area (TPSA) is 0 Å². The van der Waals surface area contributed by atoms with Gasteiger partial charge in [0.05, 0.1) is 8.07 Å². The van der Waals surface area contributed by atoms with Gasteiger partial charge in [-0.05, 0) is 29.3 Å². The highest BCUT2D eigenvalue weighted by atomic mass is 79.9. The van der Waals surface area contributed by atoms with E-state index in [-0.39, 0.29) is 0 Å². The third kappa shape index (κ3) is 3.25. The van der Waals surface area contributed by atoms with Crippen molar-refractivity contribution in [2.45, 2.75) is 19.6 Å². The Labute approximate surface area is 123 Å². The minimum Gasteiger partial charge on any atom is -0.0843 e. The maximum Gasteiger partial charge on any atom is 0.0775 e. The van der Waals surface area contributed by atoms with Crippen LogP contribution in [0.5, 0.6) is 0 Å². The second kappa shape index (κ2) is 5.20. The molecule has 0 amide bonds. The minimum atomic E-state index is -1.21. The summed E-state index contributed by atoms with van der Waals surface area (Å²) in [5, 5.41) is 2.24. The summed E-state index contributed by atoms with van der Waals surface area (Å²) < 4.78 is 1.01. The van der Waals surface area contributed by atoms with E-state index < -0.39 is 8.07 Å². The lowest BCUT2D eigenvalue weighted by Gasteiger charge is -2.16. The van der Waals surface area contributed by atoms with Crippen LogP contribution in [-0.2, 0) is 0 Å². The monoisotopic (exact) mass is 338 g/mol. The van der Waals surface area contributed by atoms with Gasteiger partial charge in [-0.2, -0.15) is 0 Å². The average molecular weight is 340 g/mol. The highest BCUT2D eigenvalue weighted by Crippen LogP contribution is 2.27. The fourth-order valence-corrected chi connectivity index (χ4v) is 3.91.